The highest BCUT2D eigenvalue weighted by atomic mass is 16.3. The second-order valence-corrected chi connectivity index (χ2v) is 9.37. The third kappa shape index (κ3) is 3.14. The average molecular weight is 411 g/mol. The minimum absolute atomic E-state index is 0.122. The van der Waals surface area contributed by atoms with Crippen molar-refractivity contribution in [2.75, 3.05) is 0 Å². The van der Waals surface area contributed by atoms with Crippen molar-refractivity contribution in [3.8, 4) is 17.1 Å². The van der Waals surface area contributed by atoms with Crippen LogP contribution in [-0.4, -0.2) is 9.55 Å². The molecule has 31 heavy (non-hydrogen) atoms. The van der Waals surface area contributed by atoms with Gasteiger partial charge in [-0.15, -0.1) is 0 Å². The van der Waals surface area contributed by atoms with Gasteiger partial charge in [0.1, 0.15) is 11.2 Å². The first-order chi connectivity index (χ1) is 14.7. The van der Waals surface area contributed by atoms with Gasteiger partial charge in [-0.05, 0) is 59.9 Å². The molecule has 2 aromatic heterocycles. The zero-order valence-corrected chi connectivity index (χ0v) is 19.0. The number of hydrogen-bond donors (Lipinski definition) is 0. The van der Waals surface area contributed by atoms with Crippen LogP contribution in [0.5, 0.6) is 0 Å². The Morgan fingerprint density at radius 2 is 1.65 bits per heavy atom. The number of aryl methyl sites for hydroxylation is 3. The summed E-state index contributed by atoms with van der Waals surface area (Å²) in [5, 5.41) is 0. The minimum atomic E-state index is 0.122. The van der Waals surface area contributed by atoms with Crippen molar-refractivity contribution in [1.29, 1.82) is 0 Å². The molecular formula is C27H28N3O+. The van der Waals surface area contributed by atoms with E-state index in [9.17, 15) is 0 Å². The van der Waals surface area contributed by atoms with Crippen LogP contribution in [0, 0.1) is 13.8 Å². The average Bonchev–Trinajstić information content (AvgIpc) is 3.23. The SMILES string of the molecule is Cc1nc2cc(-c3n(-c4ccc(C(C)(C)C)cc4)c4ccccc4[n+]3C)c(C)cc2o1. The van der Waals surface area contributed by atoms with Crippen molar-refractivity contribution in [2.24, 2.45) is 7.05 Å². The Balaban J connectivity index is 1.82. The maximum atomic E-state index is 5.76. The lowest BCUT2D eigenvalue weighted by Gasteiger charge is -2.18. The molecule has 0 fully saturated rings. The van der Waals surface area contributed by atoms with Gasteiger partial charge in [-0.25, -0.2) is 9.55 Å². The standard InChI is InChI=1S/C27H28N3O/c1-17-15-25-22(28-18(2)31-25)16-21(17)26-29(6)23-9-7-8-10-24(23)30(26)20-13-11-19(12-14-20)27(3,4)5/h7-16H,1-6H3/q+1. The molecule has 4 heteroatoms. The van der Waals surface area contributed by atoms with Gasteiger partial charge >= 0.3 is 0 Å². The van der Waals surface area contributed by atoms with Gasteiger partial charge in [0.05, 0.1) is 12.6 Å². The molecule has 0 spiro atoms. The number of benzene rings is 3. The molecule has 0 aliphatic rings. The summed E-state index contributed by atoms with van der Waals surface area (Å²) in [6, 6.07) is 21.7. The monoisotopic (exact) mass is 410 g/mol. The van der Waals surface area contributed by atoms with Crippen LogP contribution in [-0.2, 0) is 12.5 Å². The lowest BCUT2D eigenvalue weighted by molar-refractivity contribution is -0.633. The topological polar surface area (TPSA) is 34.8 Å². The molecule has 0 N–H and O–H groups in total. The first-order valence-electron chi connectivity index (χ1n) is 10.7. The number of imidazole rings is 1. The van der Waals surface area contributed by atoms with Crippen molar-refractivity contribution in [1.82, 2.24) is 9.55 Å². The van der Waals surface area contributed by atoms with Crippen LogP contribution in [0.2, 0.25) is 0 Å². The van der Waals surface area contributed by atoms with Crippen LogP contribution >= 0.6 is 0 Å². The summed E-state index contributed by atoms with van der Waals surface area (Å²) >= 11 is 0. The van der Waals surface area contributed by atoms with Gasteiger partial charge in [0.15, 0.2) is 22.5 Å². The fourth-order valence-corrected chi connectivity index (χ4v) is 4.42. The van der Waals surface area contributed by atoms with Crippen LogP contribution in [0.3, 0.4) is 0 Å². The highest BCUT2D eigenvalue weighted by Gasteiger charge is 2.28. The molecule has 4 nitrogen and oxygen atoms in total. The van der Waals surface area contributed by atoms with Gasteiger partial charge in [-0.2, -0.15) is 4.57 Å². The van der Waals surface area contributed by atoms with E-state index in [1.165, 1.54) is 16.6 Å². The van der Waals surface area contributed by atoms with Crippen molar-refractivity contribution >= 4 is 22.1 Å². The van der Waals surface area contributed by atoms with E-state index in [1.807, 2.05) is 6.92 Å². The van der Waals surface area contributed by atoms with E-state index >= 15 is 0 Å². The van der Waals surface area contributed by atoms with E-state index in [2.05, 4.69) is 110 Å². The van der Waals surface area contributed by atoms with Gasteiger partial charge in [-0.1, -0.05) is 45.0 Å². The Morgan fingerprint density at radius 1 is 0.935 bits per heavy atom. The Morgan fingerprint density at radius 3 is 2.35 bits per heavy atom. The van der Waals surface area contributed by atoms with Crippen LogP contribution in [0.4, 0.5) is 0 Å². The van der Waals surface area contributed by atoms with Gasteiger partial charge in [0.2, 0.25) is 0 Å². The Labute approximate surface area is 182 Å². The Kier molecular flexibility index (Phi) is 4.30. The maximum absolute atomic E-state index is 5.76. The zero-order chi connectivity index (χ0) is 21.9. The summed E-state index contributed by atoms with van der Waals surface area (Å²) in [6.45, 7) is 10.8. The van der Waals surface area contributed by atoms with Crippen molar-refractivity contribution in [3.05, 3.63) is 77.7 Å². The van der Waals surface area contributed by atoms with Crippen molar-refractivity contribution in [2.45, 2.75) is 40.0 Å². The molecular weight excluding hydrogens is 382 g/mol. The van der Waals surface area contributed by atoms with Crippen molar-refractivity contribution in [3.63, 3.8) is 0 Å². The second-order valence-electron chi connectivity index (χ2n) is 9.37. The number of para-hydroxylation sites is 2. The highest BCUT2D eigenvalue weighted by molar-refractivity contribution is 5.84. The quantitative estimate of drug-likeness (QED) is 0.326. The number of aromatic nitrogens is 3. The third-order valence-corrected chi connectivity index (χ3v) is 6.09. The number of hydrogen-bond acceptors (Lipinski definition) is 2. The lowest BCUT2D eigenvalue weighted by Crippen LogP contribution is -2.30. The second kappa shape index (κ2) is 6.81. The van der Waals surface area contributed by atoms with Gasteiger partial charge in [-0.3, -0.25) is 0 Å². The van der Waals surface area contributed by atoms with Crippen LogP contribution in [0.1, 0.15) is 37.8 Å². The maximum Gasteiger partial charge on any atom is 0.295 e. The summed E-state index contributed by atoms with van der Waals surface area (Å²) in [5.74, 6) is 1.82. The molecule has 0 aliphatic heterocycles. The van der Waals surface area contributed by atoms with E-state index in [0.717, 1.165) is 33.7 Å². The molecule has 156 valence electrons. The zero-order valence-electron chi connectivity index (χ0n) is 19.0. The molecule has 0 saturated carbocycles. The van der Waals surface area contributed by atoms with E-state index in [0.29, 0.717) is 5.89 Å². The summed E-state index contributed by atoms with van der Waals surface area (Å²) < 4.78 is 10.4. The Bertz CT molecular complexity index is 1430. The fourth-order valence-electron chi connectivity index (χ4n) is 4.42. The molecule has 0 bridgehead atoms. The molecule has 3 aromatic carbocycles. The van der Waals surface area contributed by atoms with Crippen molar-refractivity contribution < 1.29 is 8.98 Å². The summed E-state index contributed by atoms with van der Waals surface area (Å²) in [6.07, 6.45) is 0. The molecule has 2 heterocycles. The van der Waals surface area contributed by atoms with Crippen LogP contribution < -0.4 is 4.57 Å². The number of rotatable bonds is 2. The lowest BCUT2D eigenvalue weighted by atomic mass is 9.87. The normalized spacial score (nSPS) is 12.2. The number of fused-ring (bicyclic) bond motifs is 2. The smallest absolute Gasteiger partial charge is 0.295 e. The predicted octanol–water partition coefficient (Wildman–Crippen LogP) is 6.18. The molecule has 0 unspecified atom stereocenters. The van der Waals surface area contributed by atoms with Crippen LogP contribution in [0.15, 0.2) is 65.1 Å². The highest BCUT2D eigenvalue weighted by Crippen LogP contribution is 2.32. The first kappa shape index (κ1) is 19.6. The van der Waals surface area contributed by atoms with E-state index < -0.39 is 0 Å². The van der Waals surface area contributed by atoms with E-state index in [-0.39, 0.29) is 5.41 Å². The van der Waals surface area contributed by atoms with Gasteiger partial charge < -0.3 is 4.42 Å². The summed E-state index contributed by atoms with van der Waals surface area (Å²) in [7, 11) is 2.13. The first-order valence-corrected chi connectivity index (χ1v) is 10.7. The minimum Gasteiger partial charge on any atom is -0.441 e. The Hall–Kier alpha value is -3.40. The molecule has 0 radical (unpaired) electrons. The molecule has 5 aromatic rings. The predicted molar refractivity (Wildman–Crippen MR) is 126 cm³/mol. The fraction of sp³-hybridized carbons (Fsp3) is 0.259. The van der Waals surface area contributed by atoms with Gasteiger partial charge in [0, 0.05) is 6.92 Å². The molecule has 5 rings (SSSR count). The third-order valence-electron chi connectivity index (χ3n) is 6.09. The van der Waals surface area contributed by atoms with E-state index in [1.54, 1.807) is 0 Å². The van der Waals surface area contributed by atoms with E-state index in [4.69, 9.17) is 4.42 Å². The molecule has 0 atom stereocenters. The number of oxazole rings is 1. The molecule has 0 aliphatic carbocycles. The molecule has 0 saturated heterocycles. The van der Waals surface area contributed by atoms with Gasteiger partial charge in [0.25, 0.3) is 5.82 Å². The van der Waals surface area contributed by atoms with Crippen LogP contribution in [0.25, 0.3) is 39.2 Å². The largest absolute Gasteiger partial charge is 0.441 e. The number of nitrogens with zero attached hydrogens (tertiary/aromatic N) is 3. The summed E-state index contributed by atoms with van der Waals surface area (Å²) in [4.78, 5) is 4.58. The molecule has 0 amide bonds. The summed E-state index contributed by atoms with van der Waals surface area (Å²) in [5.41, 5.74) is 9.00.